The van der Waals surface area contributed by atoms with Crippen molar-refractivity contribution in [2.24, 2.45) is 11.8 Å². The largest absolute Gasteiger partial charge is 0.393 e. The number of ether oxygens (including phenoxy) is 1. The minimum atomic E-state index is -0.0853. The second-order valence-corrected chi connectivity index (χ2v) is 5.28. The smallest absolute Gasteiger partial charge is 0.0591 e. The normalized spacial score (nSPS) is 26.2. The summed E-state index contributed by atoms with van der Waals surface area (Å²) in [6, 6.07) is 0. The van der Waals surface area contributed by atoms with Gasteiger partial charge < -0.3 is 15.2 Å². The first kappa shape index (κ1) is 13.9. The van der Waals surface area contributed by atoms with Crippen LogP contribution in [-0.2, 0) is 4.74 Å². The van der Waals surface area contributed by atoms with Crippen LogP contribution in [0, 0.1) is 11.8 Å². The second-order valence-electron chi connectivity index (χ2n) is 5.28. The average molecular weight is 229 g/mol. The van der Waals surface area contributed by atoms with Gasteiger partial charge in [-0.25, -0.2) is 0 Å². The van der Waals surface area contributed by atoms with Gasteiger partial charge in [0.2, 0.25) is 0 Å². The van der Waals surface area contributed by atoms with E-state index in [0.717, 1.165) is 32.7 Å². The lowest BCUT2D eigenvalue weighted by Crippen LogP contribution is -2.35. The lowest BCUT2D eigenvalue weighted by atomic mass is 9.86. The molecular weight excluding hydrogens is 202 g/mol. The Kier molecular flexibility index (Phi) is 7.01. The van der Waals surface area contributed by atoms with E-state index in [1.807, 2.05) is 0 Å². The van der Waals surface area contributed by atoms with Gasteiger partial charge in [0.1, 0.15) is 0 Å². The highest BCUT2D eigenvalue weighted by Crippen LogP contribution is 2.23. The van der Waals surface area contributed by atoms with E-state index in [4.69, 9.17) is 4.74 Å². The molecule has 1 aliphatic rings. The third-order valence-corrected chi connectivity index (χ3v) is 3.15. The van der Waals surface area contributed by atoms with Gasteiger partial charge in [0.15, 0.2) is 0 Å². The number of hydrogen-bond donors (Lipinski definition) is 2. The fraction of sp³-hybridized carbons (Fsp3) is 1.00. The van der Waals surface area contributed by atoms with E-state index in [1.54, 1.807) is 0 Å². The molecule has 0 spiro atoms. The molecule has 1 aliphatic carbocycles. The molecule has 0 aromatic heterocycles. The molecule has 0 aromatic rings. The standard InChI is InChI=1S/C13H27NO2/c1-11(2)10-16-8-7-14-9-12-5-3-4-6-13(12)15/h11-15H,3-10H2,1-2H3. The van der Waals surface area contributed by atoms with Crippen LogP contribution in [0.15, 0.2) is 0 Å². The van der Waals surface area contributed by atoms with Crippen LogP contribution in [0.1, 0.15) is 39.5 Å². The molecule has 0 bridgehead atoms. The first-order valence-electron chi connectivity index (χ1n) is 6.66. The zero-order chi connectivity index (χ0) is 11.8. The summed E-state index contributed by atoms with van der Waals surface area (Å²) >= 11 is 0. The van der Waals surface area contributed by atoms with Gasteiger partial charge in [-0.1, -0.05) is 26.7 Å². The highest BCUT2D eigenvalue weighted by atomic mass is 16.5. The van der Waals surface area contributed by atoms with Gasteiger partial charge in [-0.3, -0.25) is 0 Å². The third kappa shape index (κ3) is 5.83. The van der Waals surface area contributed by atoms with Crippen molar-refractivity contribution in [1.29, 1.82) is 0 Å². The van der Waals surface area contributed by atoms with Gasteiger partial charge in [0.05, 0.1) is 12.7 Å². The van der Waals surface area contributed by atoms with Crippen LogP contribution in [0.4, 0.5) is 0 Å². The van der Waals surface area contributed by atoms with Crippen LogP contribution >= 0.6 is 0 Å². The molecule has 3 heteroatoms. The zero-order valence-corrected chi connectivity index (χ0v) is 10.7. The summed E-state index contributed by atoms with van der Waals surface area (Å²) in [5.74, 6) is 1.07. The van der Waals surface area contributed by atoms with Crippen molar-refractivity contribution in [1.82, 2.24) is 5.32 Å². The van der Waals surface area contributed by atoms with Gasteiger partial charge in [-0.2, -0.15) is 0 Å². The Hall–Kier alpha value is -0.120. The van der Waals surface area contributed by atoms with E-state index < -0.39 is 0 Å². The predicted octanol–water partition coefficient (Wildman–Crippen LogP) is 1.80. The van der Waals surface area contributed by atoms with Crippen LogP contribution in [-0.4, -0.2) is 37.5 Å². The summed E-state index contributed by atoms with van der Waals surface area (Å²) in [6.07, 6.45) is 4.53. The van der Waals surface area contributed by atoms with Crippen LogP contribution in [0.25, 0.3) is 0 Å². The van der Waals surface area contributed by atoms with E-state index in [9.17, 15) is 5.11 Å². The molecule has 16 heavy (non-hydrogen) atoms. The molecule has 1 rings (SSSR count). The van der Waals surface area contributed by atoms with Gasteiger partial charge >= 0.3 is 0 Å². The van der Waals surface area contributed by atoms with Crippen LogP contribution in [0.2, 0.25) is 0 Å². The summed E-state index contributed by atoms with van der Waals surface area (Å²) in [5.41, 5.74) is 0. The molecule has 0 saturated heterocycles. The average Bonchev–Trinajstić information content (AvgIpc) is 2.25. The molecule has 0 amide bonds. The van der Waals surface area contributed by atoms with E-state index in [0.29, 0.717) is 11.8 Å². The zero-order valence-electron chi connectivity index (χ0n) is 10.7. The summed E-state index contributed by atoms with van der Waals surface area (Å²) in [4.78, 5) is 0. The number of aliphatic hydroxyl groups excluding tert-OH is 1. The first-order chi connectivity index (χ1) is 7.70. The minimum absolute atomic E-state index is 0.0853. The Balaban J connectivity index is 1.94. The highest BCUT2D eigenvalue weighted by molar-refractivity contribution is 4.75. The van der Waals surface area contributed by atoms with Crippen molar-refractivity contribution >= 4 is 0 Å². The molecule has 1 saturated carbocycles. The summed E-state index contributed by atoms with van der Waals surface area (Å²) < 4.78 is 5.49. The van der Waals surface area contributed by atoms with Crippen molar-refractivity contribution in [2.75, 3.05) is 26.3 Å². The second kappa shape index (κ2) is 8.04. The molecule has 2 atom stereocenters. The van der Waals surface area contributed by atoms with E-state index in [1.165, 1.54) is 19.3 Å². The number of aliphatic hydroxyl groups is 1. The summed E-state index contributed by atoms with van der Waals surface area (Å²) in [5, 5.41) is 13.1. The fourth-order valence-corrected chi connectivity index (χ4v) is 2.18. The van der Waals surface area contributed by atoms with Crippen LogP contribution in [0.3, 0.4) is 0 Å². The van der Waals surface area contributed by atoms with Gasteiger partial charge in [-0.15, -0.1) is 0 Å². The third-order valence-electron chi connectivity index (χ3n) is 3.15. The first-order valence-corrected chi connectivity index (χ1v) is 6.66. The molecule has 2 N–H and O–H groups in total. The fourth-order valence-electron chi connectivity index (χ4n) is 2.18. The van der Waals surface area contributed by atoms with Gasteiger partial charge in [-0.05, 0) is 24.7 Å². The lowest BCUT2D eigenvalue weighted by molar-refractivity contribution is 0.0662. The molecule has 2 unspecified atom stereocenters. The Morgan fingerprint density at radius 2 is 2.06 bits per heavy atom. The molecule has 1 fully saturated rings. The quantitative estimate of drug-likeness (QED) is 0.654. The minimum Gasteiger partial charge on any atom is -0.393 e. The maximum atomic E-state index is 9.77. The summed E-state index contributed by atoms with van der Waals surface area (Å²) in [6.45, 7) is 7.77. The topological polar surface area (TPSA) is 41.5 Å². The predicted molar refractivity (Wildman–Crippen MR) is 66.5 cm³/mol. The van der Waals surface area contributed by atoms with Crippen molar-refractivity contribution in [3.05, 3.63) is 0 Å². The highest BCUT2D eigenvalue weighted by Gasteiger charge is 2.22. The summed E-state index contributed by atoms with van der Waals surface area (Å²) in [7, 11) is 0. The van der Waals surface area contributed by atoms with Gasteiger partial charge in [0.25, 0.3) is 0 Å². The van der Waals surface area contributed by atoms with Crippen LogP contribution in [0.5, 0.6) is 0 Å². The van der Waals surface area contributed by atoms with Crippen molar-refractivity contribution in [2.45, 2.75) is 45.6 Å². The Bertz CT molecular complexity index is 173. The van der Waals surface area contributed by atoms with E-state index >= 15 is 0 Å². The van der Waals surface area contributed by atoms with Crippen molar-refractivity contribution in [3.63, 3.8) is 0 Å². The number of nitrogens with one attached hydrogen (secondary N) is 1. The van der Waals surface area contributed by atoms with E-state index in [2.05, 4.69) is 19.2 Å². The van der Waals surface area contributed by atoms with E-state index in [-0.39, 0.29) is 6.10 Å². The molecule has 0 aromatic carbocycles. The molecule has 0 radical (unpaired) electrons. The molecule has 96 valence electrons. The number of hydrogen-bond acceptors (Lipinski definition) is 3. The van der Waals surface area contributed by atoms with Gasteiger partial charge in [0, 0.05) is 19.7 Å². The maximum absolute atomic E-state index is 9.77. The monoisotopic (exact) mass is 229 g/mol. The Morgan fingerprint density at radius 1 is 1.31 bits per heavy atom. The number of rotatable bonds is 7. The molecular formula is C13H27NO2. The maximum Gasteiger partial charge on any atom is 0.0591 e. The molecule has 3 nitrogen and oxygen atoms in total. The molecule has 0 aliphatic heterocycles. The Morgan fingerprint density at radius 3 is 2.75 bits per heavy atom. The molecule has 0 heterocycles. The van der Waals surface area contributed by atoms with Crippen molar-refractivity contribution in [3.8, 4) is 0 Å². The van der Waals surface area contributed by atoms with Crippen molar-refractivity contribution < 1.29 is 9.84 Å². The lowest BCUT2D eigenvalue weighted by Gasteiger charge is -2.27. The Labute approximate surface area is 99.6 Å². The van der Waals surface area contributed by atoms with Crippen LogP contribution < -0.4 is 5.32 Å². The SMILES string of the molecule is CC(C)COCCNCC1CCCCC1O.